The first-order valence-electron chi connectivity index (χ1n) is 4.88. The van der Waals surface area contributed by atoms with Crippen LogP contribution in [0, 0.1) is 5.82 Å². The molecule has 0 heterocycles. The number of carbonyl (C=O) groups is 1. The molecule has 1 rings (SSSR count). The predicted octanol–water partition coefficient (Wildman–Crippen LogP) is 2.66. The number of carboxylic acids is 1. The van der Waals surface area contributed by atoms with Gasteiger partial charge in [0.1, 0.15) is 17.1 Å². The third-order valence-corrected chi connectivity index (χ3v) is 2.72. The average molecular weight is 244 g/mol. The summed E-state index contributed by atoms with van der Waals surface area (Å²) in [5, 5.41) is 8.84. The van der Waals surface area contributed by atoms with Crippen LogP contribution in [0.4, 0.5) is 4.39 Å². The Morgan fingerprint density at radius 2 is 2.31 bits per heavy atom. The summed E-state index contributed by atoms with van der Waals surface area (Å²) in [4.78, 5) is 10.8. The Bertz CT molecular complexity index is 368. The van der Waals surface area contributed by atoms with Gasteiger partial charge in [0.15, 0.2) is 0 Å². The molecule has 1 aromatic carbocycles. The molecular formula is C11H13FO3S. The van der Waals surface area contributed by atoms with Crippen molar-refractivity contribution < 1.29 is 19.0 Å². The number of carboxylic acid groups (broad SMARTS) is 1. The van der Waals surface area contributed by atoms with Crippen LogP contribution in [0.5, 0.6) is 5.75 Å². The second kappa shape index (κ2) is 6.37. The molecule has 5 heteroatoms. The van der Waals surface area contributed by atoms with E-state index in [-0.39, 0.29) is 11.3 Å². The molecule has 0 fully saturated rings. The Kier molecular flexibility index (Phi) is 5.11. The van der Waals surface area contributed by atoms with Gasteiger partial charge in [0.05, 0.1) is 6.61 Å². The highest BCUT2D eigenvalue weighted by Gasteiger charge is 2.12. The van der Waals surface area contributed by atoms with Gasteiger partial charge in [0.25, 0.3) is 0 Å². The molecule has 0 amide bonds. The van der Waals surface area contributed by atoms with E-state index in [0.29, 0.717) is 6.61 Å². The summed E-state index contributed by atoms with van der Waals surface area (Å²) in [6, 6.07) is 3.49. The molecule has 0 spiro atoms. The smallest absolute Gasteiger partial charge is 0.339 e. The number of aromatic carboxylic acids is 1. The fourth-order valence-corrected chi connectivity index (χ4v) is 1.64. The number of hydrogen-bond acceptors (Lipinski definition) is 3. The maximum atomic E-state index is 12.8. The van der Waals surface area contributed by atoms with Gasteiger partial charge in [0.2, 0.25) is 0 Å². The standard InChI is InChI=1S/C11H13FO3S/c1-2-16-6-5-15-10-4-3-8(12)7-9(10)11(13)14/h3-4,7H,2,5-6H2,1H3,(H,13,14). The Morgan fingerprint density at radius 3 is 2.94 bits per heavy atom. The molecule has 0 aliphatic carbocycles. The summed E-state index contributed by atoms with van der Waals surface area (Å²) >= 11 is 1.70. The van der Waals surface area contributed by atoms with Gasteiger partial charge in [0, 0.05) is 5.75 Å². The lowest BCUT2D eigenvalue weighted by atomic mass is 10.2. The third kappa shape index (κ3) is 3.73. The molecule has 1 N–H and O–H groups in total. The van der Waals surface area contributed by atoms with E-state index in [2.05, 4.69) is 0 Å². The first-order valence-corrected chi connectivity index (χ1v) is 6.04. The fraction of sp³-hybridized carbons (Fsp3) is 0.364. The van der Waals surface area contributed by atoms with Crippen LogP contribution in [0.25, 0.3) is 0 Å². The summed E-state index contributed by atoms with van der Waals surface area (Å²) < 4.78 is 18.1. The van der Waals surface area contributed by atoms with Crippen molar-refractivity contribution in [1.82, 2.24) is 0 Å². The number of thioether (sulfide) groups is 1. The normalized spacial score (nSPS) is 10.1. The molecule has 0 bridgehead atoms. The van der Waals surface area contributed by atoms with Gasteiger partial charge in [-0.3, -0.25) is 0 Å². The van der Waals surface area contributed by atoms with Gasteiger partial charge in [-0.1, -0.05) is 6.92 Å². The summed E-state index contributed by atoms with van der Waals surface area (Å²) in [7, 11) is 0. The van der Waals surface area contributed by atoms with Gasteiger partial charge in [-0.25, -0.2) is 9.18 Å². The van der Waals surface area contributed by atoms with Gasteiger partial charge in [-0.05, 0) is 24.0 Å². The molecule has 0 radical (unpaired) electrons. The average Bonchev–Trinajstić information content (AvgIpc) is 2.26. The second-order valence-electron chi connectivity index (χ2n) is 2.99. The van der Waals surface area contributed by atoms with Gasteiger partial charge in [-0.15, -0.1) is 0 Å². The lowest BCUT2D eigenvalue weighted by Crippen LogP contribution is -2.06. The Hall–Kier alpha value is -1.23. The Morgan fingerprint density at radius 1 is 1.56 bits per heavy atom. The van der Waals surface area contributed by atoms with Gasteiger partial charge < -0.3 is 9.84 Å². The van der Waals surface area contributed by atoms with E-state index in [9.17, 15) is 9.18 Å². The van der Waals surface area contributed by atoms with Gasteiger partial charge >= 0.3 is 5.97 Å². The van der Waals surface area contributed by atoms with Crippen molar-refractivity contribution in [2.24, 2.45) is 0 Å². The molecule has 0 saturated heterocycles. The van der Waals surface area contributed by atoms with Crippen LogP contribution >= 0.6 is 11.8 Å². The molecule has 88 valence electrons. The molecular weight excluding hydrogens is 231 g/mol. The maximum absolute atomic E-state index is 12.8. The number of ether oxygens (including phenoxy) is 1. The van der Waals surface area contributed by atoms with Crippen LogP contribution in [-0.2, 0) is 0 Å². The number of benzene rings is 1. The first kappa shape index (κ1) is 12.8. The van der Waals surface area contributed by atoms with Crippen molar-refractivity contribution in [3.8, 4) is 5.75 Å². The van der Waals surface area contributed by atoms with Crippen molar-refractivity contribution in [1.29, 1.82) is 0 Å². The lowest BCUT2D eigenvalue weighted by Gasteiger charge is -2.08. The zero-order valence-electron chi connectivity index (χ0n) is 8.90. The molecule has 16 heavy (non-hydrogen) atoms. The van der Waals surface area contributed by atoms with Crippen LogP contribution in [0.3, 0.4) is 0 Å². The van der Waals surface area contributed by atoms with Crippen molar-refractivity contribution in [3.05, 3.63) is 29.6 Å². The van der Waals surface area contributed by atoms with Crippen LogP contribution in [0.2, 0.25) is 0 Å². The quantitative estimate of drug-likeness (QED) is 0.781. The van der Waals surface area contributed by atoms with Crippen LogP contribution < -0.4 is 4.74 Å². The highest BCUT2D eigenvalue weighted by atomic mass is 32.2. The van der Waals surface area contributed by atoms with E-state index >= 15 is 0 Å². The SMILES string of the molecule is CCSCCOc1ccc(F)cc1C(=O)O. The molecule has 0 unspecified atom stereocenters. The van der Waals surface area contributed by atoms with E-state index in [4.69, 9.17) is 9.84 Å². The predicted molar refractivity (Wildman–Crippen MR) is 61.9 cm³/mol. The molecule has 0 aliphatic heterocycles. The van der Waals surface area contributed by atoms with Crippen LogP contribution in [0.1, 0.15) is 17.3 Å². The summed E-state index contributed by atoms with van der Waals surface area (Å²) in [6.07, 6.45) is 0. The van der Waals surface area contributed by atoms with Crippen molar-refractivity contribution >= 4 is 17.7 Å². The molecule has 0 aromatic heterocycles. The molecule has 1 aromatic rings. The summed E-state index contributed by atoms with van der Waals surface area (Å²) in [5.74, 6) is 0.224. The zero-order valence-corrected chi connectivity index (χ0v) is 9.72. The van der Waals surface area contributed by atoms with E-state index < -0.39 is 11.8 Å². The number of halogens is 1. The summed E-state index contributed by atoms with van der Waals surface area (Å²) in [5.41, 5.74) is -0.138. The minimum Gasteiger partial charge on any atom is -0.492 e. The minimum absolute atomic E-state index is 0.138. The Labute approximate surface area is 97.6 Å². The fourth-order valence-electron chi connectivity index (χ4n) is 1.15. The largest absolute Gasteiger partial charge is 0.492 e. The third-order valence-electron chi connectivity index (χ3n) is 1.86. The van der Waals surface area contributed by atoms with E-state index in [0.717, 1.165) is 17.6 Å². The monoisotopic (exact) mass is 244 g/mol. The highest BCUT2D eigenvalue weighted by molar-refractivity contribution is 7.99. The van der Waals surface area contributed by atoms with E-state index in [1.165, 1.54) is 12.1 Å². The minimum atomic E-state index is -1.18. The molecule has 0 aliphatic rings. The van der Waals surface area contributed by atoms with Crippen LogP contribution in [0.15, 0.2) is 18.2 Å². The second-order valence-corrected chi connectivity index (χ2v) is 4.38. The molecule has 0 saturated carbocycles. The lowest BCUT2D eigenvalue weighted by molar-refractivity contribution is 0.0692. The van der Waals surface area contributed by atoms with Crippen molar-refractivity contribution in [2.45, 2.75) is 6.92 Å². The van der Waals surface area contributed by atoms with Crippen molar-refractivity contribution in [2.75, 3.05) is 18.1 Å². The maximum Gasteiger partial charge on any atom is 0.339 e. The van der Waals surface area contributed by atoms with Gasteiger partial charge in [-0.2, -0.15) is 11.8 Å². The van der Waals surface area contributed by atoms with E-state index in [1.54, 1.807) is 11.8 Å². The molecule has 0 atom stereocenters. The first-order chi connectivity index (χ1) is 7.65. The van der Waals surface area contributed by atoms with Crippen molar-refractivity contribution in [3.63, 3.8) is 0 Å². The Balaban J connectivity index is 2.67. The summed E-state index contributed by atoms with van der Waals surface area (Å²) in [6.45, 7) is 2.45. The van der Waals surface area contributed by atoms with E-state index in [1.807, 2.05) is 6.92 Å². The highest BCUT2D eigenvalue weighted by Crippen LogP contribution is 2.19. The number of rotatable bonds is 6. The topological polar surface area (TPSA) is 46.5 Å². The number of hydrogen-bond donors (Lipinski definition) is 1. The molecule has 3 nitrogen and oxygen atoms in total. The zero-order chi connectivity index (χ0) is 12.0. The van der Waals surface area contributed by atoms with Crippen LogP contribution in [-0.4, -0.2) is 29.2 Å².